The van der Waals surface area contributed by atoms with Crippen molar-refractivity contribution in [2.24, 2.45) is 5.92 Å². The highest BCUT2D eigenvalue weighted by Gasteiger charge is 2.49. The van der Waals surface area contributed by atoms with Crippen molar-refractivity contribution in [1.82, 2.24) is 5.32 Å². The van der Waals surface area contributed by atoms with E-state index in [9.17, 15) is 9.13 Å². The number of hydrogen-bond donors (Lipinski definition) is 3. The first-order valence-corrected chi connectivity index (χ1v) is 8.11. The fraction of sp³-hybridized carbons (Fsp3) is 1.00. The van der Waals surface area contributed by atoms with E-state index < -0.39 is 22.3 Å². The minimum atomic E-state index is -3.20. The second-order valence-corrected chi connectivity index (χ2v) is 5.99. The van der Waals surface area contributed by atoms with Gasteiger partial charge in [-0.2, -0.15) is 0 Å². The molecule has 0 aromatic rings. The van der Waals surface area contributed by atoms with E-state index in [1.165, 1.54) is 0 Å². The largest absolute Gasteiger partial charge is 0.326 e. The summed E-state index contributed by atoms with van der Waals surface area (Å²) in [5, 5.41) is 3.28. The molecule has 1 saturated heterocycles. The zero-order valence-corrected chi connectivity index (χ0v) is 11.2. The maximum Gasteiger partial charge on any atom is 0.319 e. The van der Waals surface area contributed by atoms with Gasteiger partial charge in [-0.3, -0.25) is 18.2 Å². The van der Waals surface area contributed by atoms with Gasteiger partial charge in [0.1, 0.15) is 0 Å². The van der Waals surface area contributed by atoms with Gasteiger partial charge in [0, 0.05) is 18.9 Å². The minimum absolute atomic E-state index is 0.131. The zero-order valence-electron chi connectivity index (χ0n) is 9.22. The van der Waals surface area contributed by atoms with Crippen molar-refractivity contribution >= 4 is 16.5 Å². The van der Waals surface area contributed by atoms with Crippen LogP contribution in [-0.2, 0) is 18.2 Å². The lowest BCUT2D eigenvalue weighted by molar-refractivity contribution is -0.112. The molecular weight excluding hydrogens is 268 g/mol. The molecule has 0 radical (unpaired) electrons. The fourth-order valence-electron chi connectivity index (χ4n) is 2.83. The van der Waals surface area contributed by atoms with E-state index in [4.69, 9.17) is 18.8 Å². The molecule has 1 aliphatic heterocycles. The third-order valence-electron chi connectivity index (χ3n) is 3.38. The van der Waals surface area contributed by atoms with Gasteiger partial charge in [-0.15, -0.1) is 0 Å². The van der Waals surface area contributed by atoms with Crippen LogP contribution in [0.2, 0.25) is 0 Å². The van der Waals surface area contributed by atoms with E-state index in [-0.39, 0.29) is 12.0 Å². The molecule has 1 aliphatic carbocycles. The van der Waals surface area contributed by atoms with E-state index in [2.05, 4.69) is 5.32 Å². The van der Waals surface area contributed by atoms with Crippen LogP contribution in [0.15, 0.2) is 0 Å². The summed E-state index contributed by atoms with van der Waals surface area (Å²) in [7, 11) is -6.40. The molecule has 100 valence electrons. The van der Waals surface area contributed by atoms with Crippen molar-refractivity contribution < 1.29 is 28.0 Å². The van der Waals surface area contributed by atoms with Crippen LogP contribution in [0.4, 0.5) is 0 Å². The maximum atomic E-state index is 10.8. The lowest BCUT2D eigenvalue weighted by Gasteiger charge is -2.26. The van der Waals surface area contributed by atoms with E-state index in [1.807, 2.05) is 0 Å². The van der Waals surface area contributed by atoms with Crippen molar-refractivity contribution in [3.63, 3.8) is 0 Å². The summed E-state index contributed by atoms with van der Waals surface area (Å²) >= 11 is 0. The molecule has 0 amide bonds. The van der Waals surface area contributed by atoms with Crippen LogP contribution in [0.5, 0.6) is 0 Å². The van der Waals surface area contributed by atoms with Crippen molar-refractivity contribution in [3.8, 4) is 0 Å². The second-order valence-electron chi connectivity index (χ2n) is 4.52. The molecule has 0 spiro atoms. The van der Waals surface area contributed by atoms with Crippen molar-refractivity contribution in [2.75, 3.05) is 6.54 Å². The van der Waals surface area contributed by atoms with Crippen molar-refractivity contribution in [3.05, 3.63) is 0 Å². The van der Waals surface area contributed by atoms with Crippen LogP contribution in [-0.4, -0.2) is 28.2 Å². The van der Waals surface area contributed by atoms with Crippen LogP contribution < -0.4 is 5.32 Å². The Bertz CT molecular complexity index is 306. The standard InChI is InChI=1S/C8H17NO6P2/c10-16(11)14-8(15-17(12)13)4-6-2-1-3-9-7(6)5-8/h6-7,9,16-17H,1-5H2,(H,10,11)(H,12,13)/t6-,7+/m1/s1. The molecule has 17 heavy (non-hydrogen) atoms. The van der Waals surface area contributed by atoms with Crippen LogP contribution in [0.3, 0.4) is 0 Å². The topological polar surface area (TPSA) is 105 Å². The molecule has 3 N–H and O–H groups in total. The first-order chi connectivity index (χ1) is 8.01. The van der Waals surface area contributed by atoms with Crippen LogP contribution >= 0.6 is 16.5 Å². The number of rotatable bonds is 4. The molecule has 1 heterocycles. The van der Waals surface area contributed by atoms with Gasteiger partial charge >= 0.3 is 16.5 Å². The van der Waals surface area contributed by atoms with Gasteiger partial charge in [-0.1, -0.05) is 0 Å². The van der Waals surface area contributed by atoms with Crippen LogP contribution in [0.25, 0.3) is 0 Å². The molecule has 2 fully saturated rings. The Morgan fingerprint density at radius 1 is 1.18 bits per heavy atom. The van der Waals surface area contributed by atoms with Gasteiger partial charge in [0.25, 0.3) is 0 Å². The molecule has 4 atom stereocenters. The summed E-state index contributed by atoms with van der Waals surface area (Å²) in [4.78, 5) is 17.8. The first kappa shape index (κ1) is 13.7. The van der Waals surface area contributed by atoms with Crippen LogP contribution in [0.1, 0.15) is 25.7 Å². The van der Waals surface area contributed by atoms with Gasteiger partial charge in [0.2, 0.25) is 0 Å². The summed E-state index contributed by atoms with van der Waals surface area (Å²) in [6.45, 7) is 0.889. The number of piperidine rings is 1. The molecule has 9 heteroatoms. The van der Waals surface area contributed by atoms with E-state index in [1.54, 1.807) is 0 Å². The normalized spacial score (nSPS) is 40.8. The predicted molar refractivity (Wildman–Crippen MR) is 61.1 cm³/mol. The Balaban J connectivity index is 2.11. The quantitative estimate of drug-likeness (QED) is 0.514. The summed E-state index contributed by atoms with van der Waals surface area (Å²) in [6, 6.07) is 0.131. The van der Waals surface area contributed by atoms with Crippen LogP contribution in [0, 0.1) is 5.92 Å². The van der Waals surface area contributed by atoms with Gasteiger partial charge in [0.05, 0.1) is 0 Å². The third kappa shape index (κ3) is 3.38. The SMILES string of the molecule is O=[PH](O)OC1(O[PH](=O)O)C[C@H]2CCCN[C@H]2C1. The monoisotopic (exact) mass is 285 g/mol. The lowest BCUT2D eigenvalue weighted by Crippen LogP contribution is -2.38. The van der Waals surface area contributed by atoms with Gasteiger partial charge in [-0.05, 0) is 25.3 Å². The third-order valence-corrected chi connectivity index (χ3v) is 4.47. The van der Waals surface area contributed by atoms with Gasteiger partial charge in [0.15, 0.2) is 5.79 Å². The van der Waals surface area contributed by atoms with E-state index >= 15 is 0 Å². The highest BCUT2D eigenvalue weighted by molar-refractivity contribution is 7.33. The highest BCUT2D eigenvalue weighted by Crippen LogP contribution is 2.49. The highest BCUT2D eigenvalue weighted by atomic mass is 31.1. The molecule has 1 saturated carbocycles. The molecule has 7 nitrogen and oxygen atoms in total. The Hall–Kier alpha value is 0.260. The van der Waals surface area contributed by atoms with E-state index in [0.717, 1.165) is 19.4 Å². The summed E-state index contributed by atoms with van der Waals surface area (Å²) < 4.78 is 31.5. The molecule has 2 unspecified atom stereocenters. The summed E-state index contributed by atoms with van der Waals surface area (Å²) in [5.41, 5.74) is 0. The average molecular weight is 285 g/mol. The molecule has 0 aromatic heterocycles. The van der Waals surface area contributed by atoms with E-state index in [0.29, 0.717) is 12.8 Å². The summed E-state index contributed by atoms with van der Waals surface area (Å²) in [6.07, 6.45) is 2.73. The number of fused-ring (bicyclic) bond motifs is 1. The molecule has 0 bridgehead atoms. The number of hydrogen-bond acceptors (Lipinski definition) is 5. The molecule has 0 aromatic carbocycles. The predicted octanol–water partition coefficient (Wildman–Crippen LogP) is 0.642. The second kappa shape index (κ2) is 5.49. The Morgan fingerprint density at radius 3 is 2.35 bits per heavy atom. The van der Waals surface area contributed by atoms with Crippen molar-refractivity contribution in [1.29, 1.82) is 0 Å². The summed E-state index contributed by atoms with van der Waals surface area (Å²) in [5.74, 6) is -1.10. The van der Waals surface area contributed by atoms with Crippen molar-refractivity contribution in [2.45, 2.75) is 37.5 Å². The van der Waals surface area contributed by atoms with Gasteiger partial charge < -0.3 is 15.1 Å². The smallest absolute Gasteiger partial charge is 0.319 e. The lowest BCUT2D eigenvalue weighted by atomic mass is 9.94. The fourth-order valence-corrected chi connectivity index (χ4v) is 3.96. The Morgan fingerprint density at radius 2 is 1.82 bits per heavy atom. The Labute approximate surface area is 100 Å². The molecule has 2 aliphatic rings. The maximum absolute atomic E-state index is 10.8. The first-order valence-electron chi connectivity index (χ1n) is 5.58. The minimum Gasteiger partial charge on any atom is -0.326 e. The Kier molecular flexibility index (Phi) is 4.42. The average Bonchev–Trinajstić information content (AvgIpc) is 2.52. The molecular formula is C8H17NO6P2. The molecule has 2 rings (SSSR count). The number of nitrogens with one attached hydrogen (secondary N) is 1. The zero-order chi connectivity index (χ0) is 12.5. The van der Waals surface area contributed by atoms with Gasteiger partial charge in [-0.25, -0.2) is 0 Å².